The van der Waals surface area contributed by atoms with Gasteiger partial charge in [0.15, 0.2) is 10.5 Å². The van der Waals surface area contributed by atoms with Crippen LogP contribution in [0.3, 0.4) is 0 Å². The van der Waals surface area contributed by atoms with Crippen LogP contribution in [0.1, 0.15) is 19.5 Å². The summed E-state index contributed by atoms with van der Waals surface area (Å²) in [5.41, 5.74) is -0.0896. The van der Waals surface area contributed by atoms with Crippen LogP contribution in [0, 0.1) is 0 Å². The van der Waals surface area contributed by atoms with Crippen molar-refractivity contribution >= 4 is 39.7 Å². The number of hydrogen-bond donors (Lipinski definition) is 2. The molecule has 1 heterocycles. The lowest BCUT2D eigenvalue weighted by molar-refractivity contribution is -0.148. The number of aromatic nitrogens is 1. The Morgan fingerprint density at radius 2 is 1.71 bits per heavy atom. The first kappa shape index (κ1) is 19.6. The molecule has 1 atom stereocenters. The van der Waals surface area contributed by atoms with E-state index in [9.17, 15) is 14.7 Å². The molecule has 3 aromatic rings. The van der Waals surface area contributed by atoms with Gasteiger partial charge < -0.3 is 15.3 Å². The van der Waals surface area contributed by atoms with Crippen molar-refractivity contribution in [2.75, 3.05) is 16.8 Å². The summed E-state index contributed by atoms with van der Waals surface area (Å²) in [4.78, 5) is 31.4. The molecular formula is C21H21N3O3S. The van der Waals surface area contributed by atoms with Gasteiger partial charge in [-0.05, 0) is 38.1 Å². The number of thiazole rings is 1. The van der Waals surface area contributed by atoms with E-state index in [0.29, 0.717) is 17.4 Å². The molecule has 1 amide bonds. The lowest BCUT2D eigenvalue weighted by Gasteiger charge is -2.30. The highest BCUT2D eigenvalue weighted by molar-refractivity contribution is 7.13. The van der Waals surface area contributed by atoms with Gasteiger partial charge in [-0.1, -0.05) is 36.4 Å². The molecule has 1 unspecified atom stereocenters. The molecule has 28 heavy (non-hydrogen) atoms. The highest BCUT2D eigenvalue weighted by Gasteiger charge is 2.47. The van der Waals surface area contributed by atoms with E-state index in [1.807, 2.05) is 55.5 Å². The van der Waals surface area contributed by atoms with E-state index in [0.717, 1.165) is 5.69 Å². The van der Waals surface area contributed by atoms with E-state index in [1.54, 1.807) is 17.5 Å². The molecule has 6 nitrogen and oxygen atoms in total. The number of anilines is 3. The van der Waals surface area contributed by atoms with Crippen molar-refractivity contribution in [1.29, 1.82) is 0 Å². The van der Waals surface area contributed by atoms with Crippen molar-refractivity contribution in [3.8, 4) is 0 Å². The first-order valence-corrected chi connectivity index (χ1v) is 9.73. The highest BCUT2D eigenvalue weighted by atomic mass is 32.1. The molecule has 0 radical (unpaired) electrons. The predicted molar refractivity (Wildman–Crippen MR) is 111 cm³/mol. The minimum Gasteiger partial charge on any atom is -0.480 e. The maximum absolute atomic E-state index is 13.3. The number of hydrogen-bond acceptors (Lipinski definition) is 5. The Morgan fingerprint density at radius 1 is 1.11 bits per heavy atom. The van der Waals surface area contributed by atoms with E-state index in [4.69, 9.17) is 0 Å². The average molecular weight is 395 g/mol. The zero-order valence-corrected chi connectivity index (χ0v) is 16.4. The van der Waals surface area contributed by atoms with Gasteiger partial charge in [-0.3, -0.25) is 9.59 Å². The smallest absolute Gasteiger partial charge is 0.325 e. The Balaban J connectivity index is 1.93. The number of amides is 1. The summed E-state index contributed by atoms with van der Waals surface area (Å²) in [6.07, 6.45) is 0. The molecule has 7 heteroatoms. The van der Waals surface area contributed by atoms with Gasteiger partial charge in [0.1, 0.15) is 0 Å². The van der Waals surface area contributed by atoms with Crippen LogP contribution in [-0.4, -0.2) is 28.5 Å². The standard InChI is InChI=1S/C21H21N3O3S/c1-3-24(16-12-8-5-9-13-16)18(25)21(2,19(26)27)17-14-28-20(23-17)22-15-10-6-4-7-11-15/h4-14H,3H2,1-2H3,(H,22,23)(H,26,27). The van der Waals surface area contributed by atoms with Crippen LogP contribution in [0.15, 0.2) is 66.0 Å². The second-order valence-electron chi connectivity index (χ2n) is 6.34. The molecular weight excluding hydrogens is 374 g/mol. The second kappa shape index (κ2) is 8.22. The van der Waals surface area contributed by atoms with E-state index < -0.39 is 17.3 Å². The van der Waals surface area contributed by atoms with Crippen LogP contribution in [0.2, 0.25) is 0 Å². The molecule has 144 valence electrons. The van der Waals surface area contributed by atoms with Crippen molar-refractivity contribution < 1.29 is 14.7 Å². The SMILES string of the molecule is CCN(C(=O)C(C)(C(=O)O)c1csc(Nc2ccccc2)n1)c1ccccc1. The van der Waals surface area contributed by atoms with Crippen LogP contribution in [0.5, 0.6) is 0 Å². The minimum atomic E-state index is -1.79. The monoisotopic (exact) mass is 395 g/mol. The summed E-state index contributed by atoms with van der Waals surface area (Å²) in [6, 6.07) is 18.5. The molecule has 0 aliphatic rings. The Kier molecular flexibility index (Phi) is 5.75. The number of carboxylic acids is 1. The lowest BCUT2D eigenvalue weighted by Crippen LogP contribution is -2.50. The number of rotatable bonds is 7. The van der Waals surface area contributed by atoms with Crippen LogP contribution >= 0.6 is 11.3 Å². The van der Waals surface area contributed by atoms with Gasteiger partial charge in [0.05, 0.1) is 5.69 Å². The Labute approximate surface area is 167 Å². The largest absolute Gasteiger partial charge is 0.480 e. The maximum atomic E-state index is 13.3. The molecule has 2 N–H and O–H groups in total. The van der Waals surface area contributed by atoms with Crippen LogP contribution in [0.4, 0.5) is 16.5 Å². The fourth-order valence-corrected chi connectivity index (χ4v) is 3.68. The zero-order chi connectivity index (χ0) is 20.1. The first-order chi connectivity index (χ1) is 13.5. The van der Waals surface area contributed by atoms with Gasteiger partial charge in [0.25, 0.3) is 0 Å². The average Bonchev–Trinajstić information content (AvgIpc) is 3.18. The number of carbonyl (C=O) groups is 2. The van der Waals surface area contributed by atoms with Gasteiger partial charge in [-0.2, -0.15) is 0 Å². The molecule has 0 aliphatic carbocycles. The van der Waals surface area contributed by atoms with Gasteiger partial charge in [0, 0.05) is 23.3 Å². The topological polar surface area (TPSA) is 82.5 Å². The summed E-state index contributed by atoms with van der Waals surface area (Å²) in [5.74, 6) is -1.76. The van der Waals surface area contributed by atoms with Gasteiger partial charge in [-0.25, -0.2) is 4.98 Å². The fraction of sp³-hybridized carbons (Fsp3) is 0.190. The molecule has 3 rings (SSSR count). The first-order valence-electron chi connectivity index (χ1n) is 8.85. The van der Waals surface area contributed by atoms with Gasteiger partial charge in [0.2, 0.25) is 5.91 Å². The highest BCUT2D eigenvalue weighted by Crippen LogP contribution is 2.32. The number of para-hydroxylation sites is 2. The predicted octanol–water partition coefficient (Wildman–Crippen LogP) is 4.28. The molecule has 0 aliphatic heterocycles. The van der Waals surface area contributed by atoms with Crippen molar-refractivity contribution in [3.63, 3.8) is 0 Å². The summed E-state index contributed by atoms with van der Waals surface area (Å²) < 4.78 is 0. The summed E-state index contributed by atoms with van der Waals surface area (Å²) in [5, 5.41) is 15.2. The number of carboxylic acid groups (broad SMARTS) is 1. The van der Waals surface area contributed by atoms with Gasteiger partial charge >= 0.3 is 5.97 Å². The Morgan fingerprint density at radius 3 is 2.29 bits per heavy atom. The summed E-state index contributed by atoms with van der Waals surface area (Å²) >= 11 is 1.26. The molecule has 0 fully saturated rings. The van der Waals surface area contributed by atoms with Crippen molar-refractivity contribution in [3.05, 3.63) is 71.7 Å². The van der Waals surface area contributed by atoms with E-state index >= 15 is 0 Å². The van der Waals surface area contributed by atoms with Crippen molar-refractivity contribution in [1.82, 2.24) is 4.98 Å². The number of likely N-dealkylation sites (N-methyl/N-ethyl adjacent to an activating group) is 1. The zero-order valence-electron chi connectivity index (χ0n) is 15.6. The summed E-state index contributed by atoms with van der Waals surface area (Å²) in [7, 11) is 0. The Hall–Kier alpha value is -3.19. The molecule has 0 saturated carbocycles. The normalized spacial score (nSPS) is 12.8. The molecule has 2 aromatic carbocycles. The van der Waals surface area contributed by atoms with Crippen LogP contribution in [-0.2, 0) is 15.0 Å². The third kappa shape index (κ3) is 3.75. The second-order valence-corrected chi connectivity index (χ2v) is 7.20. The molecule has 1 aromatic heterocycles. The third-order valence-electron chi connectivity index (χ3n) is 4.53. The van der Waals surface area contributed by atoms with E-state index in [1.165, 1.54) is 23.2 Å². The lowest BCUT2D eigenvalue weighted by atomic mass is 9.85. The number of benzene rings is 2. The van der Waals surface area contributed by atoms with Gasteiger partial charge in [-0.15, -0.1) is 11.3 Å². The number of nitrogens with one attached hydrogen (secondary N) is 1. The number of aliphatic carboxylic acids is 1. The van der Waals surface area contributed by atoms with Crippen molar-refractivity contribution in [2.45, 2.75) is 19.3 Å². The maximum Gasteiger partial charge on any atom is 0.325 e. The molecule has 0 spiro atoms. The Bertz CT molecular complexity index is 959. The van der Waals surface area contributed by atoms with Crippen molar-refractivity contribution in [2.24, 2.45) is 0 Å². The third-order valence-corrected chi connectivity index (χ3v) is 5.28. The molecule has 0 saturated heterocycles. The summed E-state index contributed by atoms with van der Waals surface area (Å²) in [6.45, 7) is 3.58. The fourth-order valence-electron chi connectivity index (χ4n) is 2.84. The number of nitrogens with zero attached hydrogens (tertiary/aromatic N) is 2. The minimum absolute atomic E-state index is 0.211. The molecule has 0 bridgehead atoms. The quantitative estimate of drug-likeness (QED) is 0.584. The number of carbonyl (C=O) groups excluding carboxylic acids is 1. The van der Waals surface area contributed by atoms with Crippen LogP contribution in [0.25, 0.3) is 0 Å². The van der Waals surface area contributed by atoms with Crippen LogP contribution < -0.4 is 10.2 Å². The van der Waals surface area contributed by atoms with E-state index in [-0.39, 0.29) is 5.69 Å². The van der Waals surface area contributed by atoms with E-state index in [2.05, 4.69) is 10.3 Å².